The van der Waals surface area contributed by atoms with Gasteiger partial charge in [-0.1, -0.05) is 306 Å². The van der Waals surface area contributed by atoms with Crippen molar-refractivity contribution in [1.82, 2.24) is 0 Å². The van der Waals surface area contributed by atoms with Crippen LogP contribution >= 0.6 is 15.6 Å². The third kappa shape index (κ3) is 62.6. The van der Waals surface area contributed by atoms with Crippen LogP contribution in [0.2, 0.25) is 0 Å². The molecule has 0 rings (SSSR count). The Labute approximate surface area is 556 Å². The predicted molar refractivity (Wildman–Crippen MR) is 367 cm³/mol. The number of unbranched alkanes of at least 4 members (excludes halogenated alkanes) is 32. The van der Waals surface area contributed by atoms with E-state index in [9.17, 15) is 43.2 Å². The van der Waals surface area contributed by atoms with Crippen LogP contribution in [0, 0.1) is 23.7 Å². The van der Waals surface area contributed by atoms with E-state index in [-0.39, 0.29) is 25.7 Å². The number of rotatable bonds is 69. The first-order chi connectivity index (χ1) is 43.7. The largest absolute Gasteiger partial charge is 0.472 e. The van der Waals surface area contributed by atoms with E-state index in [4.69, 9.17) is 37.0 Å². The summed E-state index contributed by atoms with van der Waals surface area (Å²) in [5.74, 6) is 0.944. The van der Waals surface area contributed by atoms with Crippen molar-refractivity contribution in [2.45, 2.75) is 375 Å². The Balaban J connectivity index is 5.25. The van der Waals surface area contributed by atoms with Crippen LogP contribution in [0.4, 0.5) is 0 Å². The van der Waals surface area contributed by atoms with Crippen molar-refractivity contribution in [2.24, 2.45) is 23.7 Å². The molecule has 0 aromatic heterocycles. The number of aliphatic hydroxyl groups excluding tert-OH is 1. The molecule has 0 spiro atoms. The number of aliphatic hydroxyl groups is 1. The third-order valence-electron chi connectivity index (χ3n) is 17.7. The SMILES string of the molecule is CCC(C)CCCCCCCCCCC(=O)OC[C@H](COP(=O)(O)OC[C@@H](O)COP(=O)(O)OC[C@@H](COC(=O)CCCCCCCCC(C)CC)OC(=O)CCCCCCCCCCCCCCCCC(C)C)OC(=O)CCCCCCCCCCC(C)CC. The molecule has 0 aromatic rings. The number of carbonyl (C=O) groups is 4. The minimum atomic E-state index is -4.95. The number of phosphoric ester groups is 2. The molecule has 0 aromatic carbocycles. The highest BCUT2D eigenvalue weighted by Crippen LogP contribution is 2.45. The predicted octanol–water partition coefficient (Wildman–Crippen LogP) is 20.5. The van der Waals surface area contributed by atoms with Gasteiger partial charge in [-0.2, -0.15) is 0 Å². The third-order valence-corrected chi connectivity index (χ3v) is 19.6. The molecule has 3 N–H and O–H groups in total. The van der Waals surface area contributed by atoms with Gasteiger partial charge in [-0.15, -0.1) is 0 Å². The molecule has 19 heteroatoms. The van der Waals surface area contributed by atoms with Crippen LogP contribution in [0.1, 0.15) is 357 Å². The number of carbonyl (C=O) groups excluding carboxylic acids is 4. The zero-order valence-electron chi connectivity index (χ0n) is 59.5. The second-order valence-corrected chi connectivity index (χ2v) is 30.1. The lowest BCUT2D eigenvalue weighted by atomic mass is 9.99. The molecule has 0 amide bonds. The van der Waals surface area contributed by atoms with Gasteiger partial charge in [-0.25, -0.2) is 9.13 Å². The van der Waals surface area contributed by atoms with Crippen molar-refractivity contribution in [3.05, 3.63) is 0 Å². The molecule has 0 saturated carbocycles. The minimum Gasteiger partial charge on any atom is -0.462 e. The summed E-state index contributed by atoms with van der Waals surface area (Å²) in [4.78, 5) is 72.6. The molecule has 0 radical (unpaired) electrons. The lowest BCUT2D eigenvalue weighted by Gasteiger charge is -2.21. The Morgan fingerprint density at radius 1 is 0.308 bits per heavy atom. The quantitative estimate of drug-likeness (QED) is 0.0222. The highest BCUT2D eigenvalue weighted by Gasteiger charge is 2.30. The number of hydrogen-bond donors (Lipinski definition) is 3. The first-order valence-corrected chi connectivity index (χ1v) is 40.3. The molecule has 0 bridgehead atoms. The van der Waals surface area contributed by atoms with Gasteiger partial charge < -0.3 is 33.8 Å². The number of hydrogen-bond acceptors (Lipinski definition) is 15. The van der Waals surface area contributed by atoms with Crippen LogP contribution in [0.15, 0.2) is 0 Å². The highest BCUT2D eigenvalue weighted by molar-refractivity contribution is 7.47. The van der Waals surface area contributed by atoms with Crippen LogP contribution in [0.3, 0.4) is 0 Å². The summed E-state index contributed by atoms with van der Waals surface area (Å²) < 4.78 is 68.4. The van der Waals surface area contributed by atoms with Crippen molar-refractivity contribution >= 4 is 39.5 Å². The van der Waals surface area contributed by atoms with Gasteiger partial charge in [-0.05, 0) is 49.4 Å². The summed E-state index contributed by atoms with van der Waals surface area (Å²) in [6.07, 6.45) is 44.3. The van der Waals surface area contributed by atoms with E-state index in [1.807, 2.05) is 0 Å². The molecule has 8 atom stereocenters. The molecule has 0 saturated heterocycles. The lowest BCUT2D eigenvalue weighted by Crippen LogP contribution is -2.30. The smallest absolute Gasteiger partial charge is 0.462 e. The normalized spacial score (nSPS) is 15.1. The molecular weight excluding hydrogens is 1200 g/mol. The van der Waals surface area contributed by atoms with Gasteiger partial charge in [0.2, 0.25) is 0 Å². The fourth-order valence-corrected chi connectivity index (χ4v) is 12.3. The zero-order valence-corrected chi connectivity index (χ0v) is 61.3. The van der Waals surface area contributed by atoms with E-state index >= 15 is 0 Å². The highest BCUT2D eigenvalue weighted by atomic mass is 31.2. The molecule has 0 aliphatic carbocycles. The standard InChI is InChI=1S/C72H140O17P2/c1-9-63(6)49-41-33-25-20-22-27-36-44-52-69(74)82-58-67(89-72(77)55-47-39-29-23-21-26-34-42-50-64(7)10-2)60-86-90(78,79)84-56-66(73)57-85-91(80,81)87-61-68(59-83-70(75)53-45-37-31-30-35-43-51-65(8)11-3)88-71(76)54-46-38-28-19-17-15-13-12-14-16-18-24-32-40-48-62(4)5/h62-68,73H,9-61H2,1-8H3,(H,78,79)(H,80,81)/t63?,64?,65?,66-,67-,68-/m1/s1. The first kappa shape index (κ1) is 89.1. The number of esters is 4. The van der Waals surface area contributed by atoms with E-state index in [0.29, 0.717) is 25.7 Å². The molecule has 91 heavy (non-hydrogen) atoms. The lowest BCUT2D eigenvalue weighted by molar-refractivity contribution is -0.161. The maximum Gasteiger partial charge on any atom is 0.472 e. The summed E-state index contributed by atoms with van der Waals surface area (Å²) in [6, 6.07) is 0. The van der Waals surface area contributed by atoms with Gasteiger partial charge >= 0.3 is 39.5 Å². The van der Waals surface area contributed by atoms with Gasteiger partial charge in [0, 0.05) is 25.7 Å². The zero-order chi connectivity index (χ0) is 67.5. The average Bonchev–Trinajstić information content (AvgIpc) is 3.73. The fraction of sp³-hybridized carbons (Fsp3) is 0.944. The Morgan fingerprint density at radius 2 is 0.527 bits per heavy atom. The van der Waals surface area contributed by atoms with Crippen LogP contribution in [0.5, 0.6) is 0 Å². The van der Waals surface area contributed by atoms with Crippen molar-refractivity contribution in [3.63, 3.8) is 0 Å². The Morgan fingerprint density at radius 3 is 0.780 bits per heavy atom. The van der Waals surface area contributed by atoms with Crippen LogP contribution in [0.25, 0.3) is 0 Å². The fourth-order valence-electron chi connectivity index (χ4n) is 10.7. The molecule has 0 heterocycles. The van der Waals surface area contributed by atoms with Gasteiger partial charge in [0.15, 0.2) is 12.2 Å². The van der Waals surface area contributed by atoms with E-state index < -0.39 is 97.5 Å². The summed E-state index contributed by atoms with van der Waals surface area (Å²) in [6.45, 7) is 14.1. The topological polar surface area (TPSA) is 237 Å². The van der Waals surface area contributed by atoms with Crippen molar-refractivity contribution < 1.29 is 80.2 Å². The summed E-state index contributed by atoms with van der Waals surface area (Å²) in [5, 5.41) is 10.6. The molecule has 5 unspecified atom stereocenters. The van der Waals surface area contributed by atoms with Crippen LogP contribution in [-0.2, 0) is 65.4 Å². The maximum atomic E-state index is 13.0. The Kier molecular flexibility index (Phi) is 60.3. The number of phosphoric acid groups is 2. The van der Waals surface area contributed by atoms with E-state index in [0.717, 1.165) is 120 Å². The van der Waals surface area contributed by atoms with Crippen LogP contribution in [-0.4, -0.2) is 96.7 Å². The van der Waals surface area contributed by atoms with Crippen molar-refractivity contribution in [2.75, 3.05) is 39.6 Å². The average molecular weight is 1340 g/mol. The summed E-state index contributed by atoms with van der Waals surface area (Å²) in [5.41, 5.74) is 0. The van der Waals surface area contributed by atoms with Gasteiger partial charge in [-0.3, -0.25) is 37.3 Å². The Bertz CT molecular complexity index is 1800. The van der Waals surface area contributed by atoms with Gasteiger partial charge in [0.05, 0.1) is 26.4 Å². The molecule has 540 valence electrons. The van der Waals surface area contributed by atoms with Crippen molar-refractivity contribution in [3.8, 4) is 0 Å². The number of ether oxygens (including phenoxy) is 4. The van der Waals surface area contributed by atoms with Crippen molar-refractivity contribution in [1.29, 1.82) is 0 Å². The monoisotopic (exact) mass is 1340 g/mol. The van der Waals surface area contributed by atoms with E-state index in [1.54, 1.807) is 0 Å². The van der Waals surface area contributed by atoms with Gasteiger partial charge in [0.25, 0.3) is 0 Å². The molecule has 0 aliphatic heterocycles. The molecule has 0 aliphatic rings. The second-order valence-electron chi connectivity index (χ2n) is 27.2. The van der Waals surface area contributed by atoms with Crippen LogP contribution < -0.4 is 0 Å². The molecule has 17 nitrogen and oxygen atoms in total. The Hall–Kier alpha value is -1.94. The van der Waals surface area contributed by atoms with Gasteiger partial charge in [0.1, 0.15) is 19.3 Å². The van der Waals surface area contributed by atoms with E-state index in [1.165, 1.54) is 154 Å². The second kappa shape index (κ2) is 61.6. The molecule has 0 fully saturated rings. The minimum absolute atomic E-state index is 0.104. The maximum absolute atomic E-state index is 13.0. The van der Waals surface area contributed by atoms with E-state index in [2.05, 4.69) is 55.4 Å². The first-order valence-electron chi connectivity index (χ1n) is 37.3. The summed E-state index contributed by atoms with van der Waals surface area (Å²) >= 11 is 0. The summed E-state index contributed by atoms with van der Waals surface area (Å²) in [7, 11) is -9.91. The molecular formula is C72H140O17P2.